The number of benzene rings is 3. The van der Waals surface area contributed by atoms with Gasteiger partial charge in [-0.1, -0.05) is 30.3 Å². The molecule has 3 aromatic carbocycles. The van der Waals surface area contributed by atoms with Crippen LogP contribution in [0.3, 0.4) is 0 Å². The first-order chi connectivity index (χ1) is 15.0. The fraction of sp³-hybridized carbons (Fsp3) is 0.308. The highest BCUT2D eigenvalue weighted by atomic mass is 16.5. The maximum atomic E-state index is 13.2. The van der Waals surface area contributed by atoms with Gasteiger partial charge >= 0.3 is 0 Å². The van der Waals surface area contributed by atoms with E-state index >= 15 is 0 Å². The van der Waals surface area contributed by atoms with Gasteiger partial charge in [0.2, 0.25) is 5.91 Å². The third-order valence-electron chi connectivity index (χ3n) is 5.89. The number of nitrogens with zero attached hydrogens (tertiary/aromatic N) is 1. The standard InChI is InChI=1S/C26H28N2O3/c1-18(29)27-24-10-5-19(6-11-24)16-28-13-3-4-23(17-28)26(30)22-8-7-21-15-25(31-2)12-9-20(21)14-22/h5-12,14-15,23H,3-4,13,16-17H2,1-2H3,(H,27,29)/t23-/m1/s1. The maximum Gasteiger partial charge on any atom is 0.221 e. The van der Waals surface area contributed by atoms with E-state index in [-0.39, 0.29) is 17.6 Å². The molecular weight excluding hydrogens is 388 g/mol. The van der Waals surface area contributed by atoms with E-state index in [1.54, 1.807) is 7.11 Å². The number of hydrogen-bond acceptors (Lipinski definition) is 4. The Balaban J connectivity index is 1.42. The Labute approximate surface area is 183 Å². The zero-order chi connectivity index (χ0) is 21.8. The number of likely N-dealkylation sites (tertiary alicyclic amines) is 1. The van der Waals surface area contributed by atoms with Crippen LogP contribution in [0.1, 0.15) is 35.7 Å². The fourth-order valence-corrected chi connectivity index (χ4v) is 4.31. The topological polar surface area (TPSA) is 58.6 Å². The number of rotatable bonds is 6. The van der Waals surface area contributed by atoms with Gasteiger partial charge in [-0.25, -0.2) is 0 Å². The lowest BCUT2D eigenvalue weighted by molar-refractivity contribution is -0.114. The number of nitrogens with one attached hydrogen (secondary N) is 1. The molecule has 1 aliphatic heterocycles. The summed E-state index contributed by atoms with van der Waals surface area (Å²) < 4.78 is 5.29. The second-order valence-corrected chi connectivity index (χ2v) is 8.24. The van der Waals surface area contributed by atoms with Gasteiger partial charge in [0.05, 0.1) is 7.11 Å². The lowest BCUT2D eigenvalue weighted by Crippen LogP contribution is -2.38. The van der Waals surface area contributed by atoms with E-state index in [2.05, 4.69) is 10.2 Å². The predicted molar refractivity (Wildman–Crippen MR) is 124 cm³/mol. The smallest absolute Gasteiger partial charge is 0.221 e. The summed E-state index contributed by atoms with van der Waals surface area (Å²) in [6, 6.07) is 19.8. The molecule has 4 rings (SSSR count). The number of methoxy groups -OCH3 is 1. The van der Waals surface area contributed by atoms with Crippen LogP contribution in [0.15, 0.2) is 60.7 Å². The van der Waals surface area contributed by atoms with Crippen LogP contribution in [-0.2, 0) is 11.3 Å². The lowest BCUT2D eigenvalue weighted by Gasteiger charge is -2.32. The minimum atomic E-state index is -0.0713. The first-order valence-electron chi connectivity index (χ1n) is 10.7. The van der Waals surface area contributed by atoms with Crippen LogP contribution in [0, 0.1) is 5.92 Å². The fourth-order valence-electron chi connectivity index (χ4n) is 4.31. The first-order valence-corrected chi connectivity index (χ1v) is 10.7. The highest BCUT2D eigenvalue weighted by Gasteiger charge is 2.26. The van der Waals surface area contributed by atoms with E-state index < -0.39 is 0 Å². The van der Waals surface area contributed by atoms with Gasteiger partial charge in [0, 0.05) is 37.2 Å². The molecule has 1 heterocycles. The van der Waals surface area contributed by atoms with Crippen LogP contribution in [0.25, 0.3) is 10.8 Å². The van der Waals surface area contributed by atoms with Gasteiger partial charge in [-0.15, -0.1) is 0 Å². The number of hydrogen-bond donors (Lipinski definition) is 1. The molecule has 1 fully saturated rings. The van der Waals surface area contributed by atoms with Crippen molar-refractivity contribution in [3.8, 4) is 5.75 Å². The number of ketones is 1. The zero-order valence-electron chi connectivity index (χ0n) is 18.1. The normalized spacial score (nSPS) is 16.8. The molecule has 1 amide bonds. The Morgan fingerprint density at radius 1 is 1.03 bits per heavy atom. The van der Waals surface area contributed by atoms with Gasteiger partial charge in [0.25, 0.3) is 0 Å². The number of anilines is 1. The summed E-state index contributed by atoms with van der Waals surface area (Å²) in [5.41, 5.74) is 2.77. The lowest BCUT2D eigenvalue weighted by atomic mass is 9.89. The summed E-state index contributed by atoms with van der Waals surface area (Å²) in [7, 11) is 1.66. The van der Waals surface area contributed by atoms with Gasteiger partial charge in [0.15, 0.2) is 5.78 Å². The molecule has 160 valence electrons. The SMILES string of the molecule is COc1ccc2cc(C(=O)[C@@H]3CCCN(Cc4ccc(NC(C)=O)cc4)C3)ccc2c1. The molecule has 1 aliphatic rings. The number of ether oxygens (including phenoxy) is 1. The molecule has 1 saturated heterocycles. The molecule has 5 nitrogen and oxygen atoms in total. The molecule has 0 saturated carbocycles. The third-order valence-corrected chi connectivity index (χ3v) is 5.89. The molecule has 31 heavy (non-hydrogen) atoms. The minimum absolute atomic E-state index is 0.0168. The largest absolute Gasteiger partial charge is 0.497 e. The monoisotopic (exact) mass is 416 g/mol. The summed E-state index contributed by atoms with van der Waals surface area (Å²) in [4.78, 5) is 26.7. The van der Waals surface area contributed by atoms with Crippen LogP contribution in [0.4, 0.5) is 5.69 Å². The highest BCUT2D eigenvalue weighted by Crippen LogP contribution is 2.26. The van der Waals surface area contributed by atoms with E-state index in [4.69, 9.17) is 4.74 Å². The van der Waals surface area contributed by atoms with Crippen molar-refractivity contribution in [1.82, 2.24) is 4.90 Å². The number of carbonyl (C=O) groups is 2. The van der Waals surface area contributed by atoms with Crippen molar-refractivity contribution in [2.24, 2.45) is 5.92 Å². The molecule has 5 heteroatoms. The Kier molecular flexibility index (Phi) is 6.33. The van der Waals surface area contributed by atoms with E-state index in [9.17, 15) is 9.59 Å². The number of carbonyl (C=O) groups excluding carboxylic acids is 2. The van der Waals surface area contributed by atoms with Gasteiger partial charge < -0.3 is 10.1 Å². The Bertz CT molecular complexity index is 1090. The van der Waals surface area contributed by atoms with Gasteiger partial charge in [-0.2, -0.15) is 0 Å². The summed E-state index contributed by atoms with van der Waals surface area (Å²) in [5.74, 6) is 0.990. The molecule has 0 bridgehead atoms. The van der Waals surface area contributed by atoms with E-state index in [1.165, 1.54) is 12.5 Å². The second-order valence-electron chi connectivity index (χ2n) is 8.24. The van der Waals surface area contributed by atoms with Crippen molar-refractivity contribution in [1.29, 1.82) is 0 Å². The quantitative estimate of drug-likeness (QED) is 0.581. The van der Waals surface area contributed by atoms with Crippen molar-refractivity contribution in [3.05, 3.63) is 71.8 Å². The van der Waals surface area contributed by atoms with Gasteiger partial charge in [-0.3, -0.25) is 14.5 Å². The average molecular weight is 417 g/mol. The van der Waals surface area contributed by atoms with Crippen molar-refractivity contribution < 1.29 is 14.3 Å². The molecule has 1 N–H and O–H groups in total. The summed E-state index contributed by atoms with van der Waals surface area (Å²) in [6.07, 6.45) is 1.95. The third kappa shape index (κ3) is 5.12. The number of Topliss-reactive ketones (excluding diaryl/α,β-unsaturated/α-hetero) is 1. The van der Waals surface area contributed by atoms with Gasteiger partial charge in [0.1, 0.15) is 5.75 Å². The molecule has 0 spiro atoms. The van der Waals surface area contributed by atoms with E-state index in [0.29, 0.717) is 0 Å². The van der Waals surface area contributed by atoms with Crippen LogP contribution < -0.4 is 10.1 Å². The van der Waals surface area contributed by atoms with Crippen LogP contribution in [0.5, 0.6) is 5.75 Å². The van der Waals surface area contributed by atoms with E-state index in [0.717, 1.165) is 60.2 Å². The number of piperidine rings is 1. The molecular formula is C26H28N2O3. The molecule has 1 atom stereocenters. The Hall–Kier alpha value is -3.18. The molecule has 0 aromatic heterocycles. The van der Waals surface area contributed by atoms with Crippen LogP contribution in [0.2, 0.25) is 0 Å². The summed E-state index contributed by atoms with van der Waals surface area (Å²) in [6.45, 7) is 4.08. The minimum Gasteiger partial charge on any atom is -0.497 e. The first kappa shape index (κ1) is 21.1. The van der Waals surface area contributed by atoms with Gasteiger partial charge in [-0.05, 0) is 66.1 Å². The molecule has 0 radical (unpaired) electrons. The summed E-state index contributed by atoms with van der Waals surface area (Å²) in [5, 5.41) is 4.92. The molecule has 0 unspecified atom stereocenters. The van der Waals surface area contributed by atoms with Crippen molar-refractivity contribution in [2.45, 2.75) is 26.3 Å². The Morgan fingerprint density at radius 3 is 2.52 bits per heavy atom. The predicted octanol–water partition coefficient (Wildman–Crippen LogP) is 4.90. The van der Waals surface area contributed by atoms with Crippen molar-refractivity contribution in [3.63, 3.8) is 0 Å². The number of fused-ring (bicyclic) bond motifs is 1. The second kappa shape index (κ2) is 9.31. The molecule has 3 aromatic rings. The van der Waals surface area contributed by atoms with Crippen LogP contribution in [-0.4, -0.2) is 36.8 Å². The van der Waals surface area contributed by atoms with Crippen molar-refractivity contribution in [2.75, 3.05) is 25.5 Å². The Morgan fingerprint density at radius 2 is 1.77 bits per heavy atom. The summed E-state index contributed by atoms with van der Waals surface area (Å²) >= 11 is 0. The van der Waals surface area contributed by atoms with Crippen molar-refractivity contribution >= 4 is 28.2 Å². The maximum absolute atomic E-state index is 13.2. The average Bonchev–Trinajstić information content (AvgIpc) is 2.79. The molecule has 0 aliphatic carbocycles. The zero-order valence-corrected chi connectivity index (χ0v) is 18.1. The van der Waals surface area contributed by atoms with E-state index in [1.807, 2.05) is 60.7 Å². The van der Waals surface area contributed by atoms with Crippen LogP contribution >= 0.6 is 0 Å². The highest BCUT2D eigenvalue weighted by molar-refractivity contribution is 6.01. The number of amides is 1.